The summed E-state index contributed by atoms with van der Waals surface area (Å²) >= 11 is 0. The van der Waals surface area contributed by atoms with Crippen molar-refractivity contribution in [3.05, 3.63) is 78.4 Å². The molecule has 23 heavy (non-hydrogen) atoms. The van der Waals surface area contributed by atoms with Gasteiger partial charge in [0.1, 0.15) is 0 Å². The Bertz CT molecular complexity index is 590. The summed E-state index contributed by atoms with van der Waals surface area (Å²) in [6, 6.07) is 20.2. The molecule has 2 rings (SSSR count). The fourth-order valence-corrected chi connectivity index (χ4v) is 2.49. The summed E-state index contributed by atoms with van der Waals surface area (Å²) in [6.07, 6.45) is 10.6. The number of rotatable bonds is 9. The SMILES string of the molecule is O=C(/C=C/CCCCCCc1ccccc1)Nc1ccccc1. The fourth-order valence-electron chi connectivity index (χ4n) is 2.49. The van der Waals surface area contributed by atoms with Gasteiger partial charge in [-0.2, -0.15) is 0 Å². The first-order valence-electron chi connectivity index (χ1n) is 8.41. The maximum atomic E-state index is 11.7. The highest BCUT2D eigenvalue weighted by molar-refractivity contribution is 5.99. The van der Waals surface area contributed by atoms with Gasteiger partial charge in [-0.05, 0) is 49.5 Å². The lowest BCUT2D eigenvalue weighted by Gasteiger charge is -2.01. The molecule has 1 amide bonds. The Morgan fingerprint density at radius 2 is 1.48 bits per heavy atom. The molecule has 0 bridgehead atoms. The van der Waals surface area contributed by atoms with Crippen LogP contribution in [0.5, 0.6) is 0 Å². The molecule has 0 saturated carbocycles. The normalized spacial score (nSPS) is 10.8. The third kappa shape index (κ3) is 7.46. The van der Waals surface area contributed by atoms with Crippen LogP contribution < -0.4 is 5.32 Å². The minimum Gasteiger partial charge on any atom is -0.323 e. The highest BCUT2D eigenvalue weighted by atomic mass is 16.1. The van der Waals surface area contributed by atoms with Crippen molar-refractivity contribution in [2.45, 2.75) is 38.5 Å². The number of carbonyl (C=O) groups is 1. The summed E-state index contributed by atoms with van der Waals surface area (Å²) < 4.78 is 0. The monoisotopic (exact) mass is 307 g/mol. The number of carbonyl (C=O) groups excluding carboxylic acids is 1. The molecule has 0 atom stereocenters. The predicted octanol–water partition coefficient (Wildman–Crippen LogP) is 5.37. The lowest BCUT2D eigenvalue weighted by molar-refractivity contribution is -0.111. The van der Waals surface area contributed by atoms with E-state index in [9.17, 15) is 4.79 Å². The molecule has 0 fully saturated rings. The summed E-state index contributed by atoms with van der Waals surface area (Å²) in [6.45, 7) is 0. The number of hydrogen-bond acceptors (Lipinski definition) is 1. The first kappa shape index (κ1) is 17.0. The van der Waals surface area contributed by atoms with Gasteiger partial charge in [0, 0.05) is 5.69 Å². The van der Waals surface area contributed by atoms with E-state index in [0.717, 1.165) is 24.9 Å². The summed E-state index contributed by atoms with van der Waals surface area (Å²) in [7, 11) is 0. The zero-order valence-electron chi connectivity index (χ0n) is 13.6. The zero-order valence-corrected chi connectivity index (χ0v) is 13.6. The number of benzene rings is 2. The number of para-hydroxylation sites is 1. The van der Waals surface area contributed by atoms with Crippen molar-refractivity contribution in [1.82, 2.24) is 0 Å². The number of allylic oxidation sites excluding steroid dienone is 1. The van der Waals surface area contributed by atoms with E-state index in [1.807, 2.05) is 36.4 Å². The lowest BCUT2D eigenvalue weighted by Crippen LogP contribution is -2.07. The molecule has 0 saturated heterocycles. The molecule has 0 aliphatic carbocycles. The van der Waals surface area contributed by atoms with E-state index in [0.29, 0.717) is 0 Å². The average molecular weight is 307 g/mol. The van der Waals surface area contributed by atoms with Crippen LogP contribution in [0.15, 0.2) is 72.8 Å². The van der Waals surface area contributed by atoms with Crippen LogP contribution in [0.2, 0.25) is 0 Å². The summed E-state index contributed by atoms with van der Waals surface area (Å²) in [5.41, 5.74) is 2.26. The number of unbranched alkanes of at least 4 members (excludes halogenated alkanes) is 4. The third-order valence-corrected chi connectivity index (χ3v) is 3.74. The van der Waals surface area contributed by atoms with Crippen LogP contribution in [-0.2, 0) is 11.2 Å². The van der Waals surface area contributed by atoms with Crippen LogP contribution in [0.25, 0.3) is 0 Å². The molecule has 1 N–H and O–H groups in total. The second-order valence-corrected chi connectivity index (χ2v) is 5.70. The molecule has 2 aromatic carbocycles. The molecule has 0 heterocycles. The molecule has 120 valence electrons. The van der Waals surface area contributed by atoms with Gasteiger partial charge >= 0.3 is 0 Å². The van der Waals surface area contributed by atoms with Gasteiger partial charge < -0.3 is 5.32 Å². The van der Waals surface area contributed by atoms with E-state index >= 15 is 0 Å². The zero-order chi connectivity index (χ0) is 16.2. The van der Waals surface area contributed by atoms with Crippen molar-refractivity contribution in [2.24, 2.45) is 0 Å². The molecular formula is C21H25NO. The fraction of sp³-hybridized carbons (Fsp3) is 0.286. The van der Waals surface area contributed by atoms with Gasteiger partial charge in [0.25, 0.3) is 0 Å². The number of amides is 1. The first-order chi connectivity index (χ1) is 11.3. The molecule has 0 radical (unpaired) electrons. The molecular weight excluding hydrogens is 282 g/mol. The number of aryl methyl sites for hydroxylation is 1. The van der Waals surface area contributed by atoms with E-state index in [1.54, 1.807) is 6.08 Å². The van der Waals surface area contributed by atoms with Crippen molar-refractivity contribution in [3.8, 4) is 0 Å². The maximum Gasteiger partial charge on any atom is 0.248 e. The molecule has 2 nitrogen and oxygen atoms in total. The Labute approximate surface area is 139 Å². The van der Waals surface area contributed by atoms with Crippen molar-refractivity contribution in [2.75, 3.05) is 5.32 Å². The van der Waals surface area contributed by atoms with Crippen molar-refractivity contribution in [1.29, 1.82) is 0 Å². The highest BCUT2D eigenvalue weighted by Gasteiger charge is 1.96. The minimum absolute atomic E-state index is 0.0553. The molecule has 2 heteroatoms. The molecule has 0 unspecified atom stereocenters. The van der Waals surface area contributed by atoms with Gasteiger partial charge in [-0.25, -0.2) is 0 Å². The maximum absolute atomic E-state index is 11.7. The largest absolute Gasteiger partial charge is 0.323 e. The van der Waals surface area contributed by atoms with Gasteiger partial charge in [0.05, 0.1) is 0 Å². The average Bonchev–Trinajstić information content (AvgIpc) is 2.59. The summed E-state index contributed by atoms with van der Waals surface area (Å²) in [5, 5.41) is 2.85. The topological polar surface area (TPSA) is 29.1 Å². The molecule has 0 aromatic heterocycles. The van der Waals surface area contributed by atoms with E-state index in [4.69, 9.17) is 0 Å². The quantitative estimate of drug-likeness (QED) is 0.489. The molecule has 2 aromatic rings. The van der Waals surface area contributed by atoms with Crippen LogP contribution >= 0.6 is 0 Å². The van der Waals surface area contributed by atoms with Crippen molar-refractivity contribution < 1.29 is 4.79 Å². The minimum atomic E-state index is -0.0553. The highest BCUT2D eigenvalue weighted by Crippen LogP contribution is 2.09. The Morgan fingerprint density at radius 3 is 2.22 bits per heavy atom. The van der Waals surface area contributed by atoms with Crippen LogP contribution in [0.1, 0.15) is 37.7 Å². The second-order valence-electron chi connectivity index (χ2n) is 5.70. The number of hydrogen-bond donors (Lipinski definition) is 1. The van der Waals surface area contributed by atoms with Crippen molar-refractivity contribution in [3.63, 3.8) is 0 Å². The smallest absolute Gasteiger partial charge is 0.248 e. The van der Waals surface area contributed by atoms with E-state index in [-0.39, 0.29) is 5.91 Å². The van der Waals surface area contributed by atoms with E-state index < -0.39 is 0 Å². The Hall–Kier alpha value is -2.35. The van der Waals surface area contributed by atoms with Gasteiger partial charge in [-0.1, -0.05) is 67.4 Å². The lowest BCUT2D eigenvalue weighted by atomic mass is 10.1. The Kier molecular flexibility index (Phi) is 7.68. The van der Waals surface area contributed by atoms with Crippen LogP contribution in [-0.4, -0.2) is 5.91 Å². The van der Waals surface area contributed by atoms with Crippen molar-refractivity contribution >= 4 is 11.6 Å². The number of nitrogens with one attached hydrogen (secondary N) is 1. The molecule has 0 spiro atoms. The second kappa shape index (κ2) is 10.4. The van der Waals surface area contributed by atoms with E-state index in [2.05, 4.69) is 35.6 Å². The van der Waals surface area contributed by atoms with Crippen LogP contribution in [0, 0.1) is 0 Å². The van der Waals surface area contributed by atoms with Gasteiger partial charge in [-0.15, -0.1) is 0 Å². The summed E-state index contributed by atoms with van der Waals surface area (Å²) in [4.78, 5) is 11.7. The summed E-state index contributed by atoms with van der Waals surface area (Å²) in [5.74, 6) is -0.0553. The Balaban J connectivity index is 1.50. The number of anilines is 1. The van der Waals surface area contributed by atoms with Gasteiger partial charge in [-0.3, -0.25) is 4.79 Å². The van der Waals surface area contributed by atoms with Gasteiger partial charge in [0.15, 0.2) is 0 Å². The first-order valence-corrected chi connectivity index (χ1v) is 8.41. The van der Waals surface area contributed by atoms with Gasteiger partial charge in [0.2, 0.25) is 5.91 Å². The standard InChI is InChI=1S/C21H25NO/c23-21(22-20-16-10-6-11-17-20)18-12-4-2-1-3-7-13-19-14-8-5-9-15-19/h5-6,8-12,14-18H,1-4,7,13H2,(H,22,23)/b18-12+. The third-order valence-electron chi connectivity index (χ3n) is 3.74. The van der Waals surface area contributed by atoms with E-state index in [1.165, 1.54) is 24.8 Å². The molecule has 0 aliphatic heterocycles. The molecule has 0 aliphatic rings. The van der Waals surface area contributed by atoms with Crippen LogP contribution in [0.3, 0.4) is 0 Å². The van der Waals surface area contributed by atoms with Crippen LogP contribution in [0.4, 0.5) is 5.69 Å². The Morgan fingerprint density at radius 1 is 0.826 bits per heavy atom. The predicted molar refractivity (Wildman–Crippen MR) is 97.4 cm³/mol.